The van der Waals surface area contributed by atoms with E-state index in [9.17, 15) is 0 Å². The van der Waals surface area contributed by atoms with Crippen molar-refractivity contribution in [1.29, 1.82) is 0 Å². The molecular weight excluding hydrogens is 783 g/mol. The summed E-state index contributed by atoms with van der Waals surface area (Å²) in [4.78, 5) is 15.2. The highest BCUT2D eigenvalue weighted by molar-refractivity contribution is 7.26. The van der Waals surface area contributed by atoms with E-state index in [2.05, 4.69) is 176 Å². The topological polar surface area (TPSA) is 38.7 Å². The van der Waals surface area contributed by atoms with Crippen molar-refractivity contribution in [2.24, 2.45) is 0 Å². The van der Waals surface area contributed by atoms with Crippen LogP contribution in [0.5, 0.6) is 0 Å². The summed E-state index contributed by atoms with van der Waals surface area (Å²) in [6.07, 6.45) is 1.74. The van der Waals surface area contributed by atoms with Gasteiger partial charge in [0.2, 0.25) is 0 Å². The van der Waals surface area contributed by atoms with Crippen molar-refractivity contribution in [3.63, 3.8) is 0 Å². The van der Waals surface area contributed by atoms with Crippen LogP contribution in [0.1, 0.15) is 22.3 Å². The van der Waals surface area contributed by atoms with Crippen LogP contribution in [-0.4, -0.2) is 15.0 Å². The summed E-state index contributed by atoms with van der Waals surface area (Å²) in [5.41, 5.74) is 18.4. The molecule has 63 heavy (non-hydrogen) atoms. The second-order valence-corrected chi connectivity index (χ2v) is 17.4. The average Bonchev–Trinajstić information content (AvgIpc) is 3.73. The van der Waals surface area contributed by atoms with Crippen molar-refractivity contribution in [2.45, 2.75) is 12.8 Å². The number of benzene rings is 9. The standard InChI is InChI=1S/C59H39N3S/c1-3-14-40(15-4-1)57-60-58(41-16-5-2-6-17-41)62-59(61-57)52-24-13-25-55-56(52)53-37-43(31-33-54(53)63-55)39-28-26-38(27-29-39)42-30-32-51-47(34-42)36-46-20-9-11-22-49(46)48-21-10-7-18-44(48)35-45-19-8-12-23-50(45)51/h1-34,37H,35-36H2. The van der Waals surface area contributed by atoms with E-state index in [1.165, 1.54) is 86.9 Å². The Kier molecular flexibility index (Phi) is 9.16. The summed E-state index contributed by atoms with van der Waals surface area (Å²) >= 11 is 1.81. The maximum atomic E-state index is 5.11. The van der Waals surface area contributed by atoms with Crippen molar-refractivity contribution < 1.29 is 0 Å². The van der Waals surface area contributed by atoms with Gasteiger partial charge >= 0.3 is 0 Å². The van der Waals surface area contributed by atoms with E-state index in [4.69, 9.17) is 15.0 Å². The lowest BCUT2D eigenvalue weighted by Crippen LogP contribution is -2.02. The van der Waals surface area contributed by atoms with Gasteiger partial charge < -0.3 is 0 Å². The number of aromatic nitrogens is 3. The third-order valence-electron chi connectivity index (χ3n) is 12.5. The molecule has 0 spiro atoms. The molecule has 0 radical (unpaired) electrons. The largest absolute Gasteiger partial charge is 0.208 e. The highest BCUT2D eigenvalue weighted by atomic mass is 32.1. The van der Waals surface area contributed by atoms with Crippen LogP contribution in [-0.2, 0) is 12.8 Å². The summed E-state index contributed by atoms with van der Waals surface area (Å²) in [6.45, 7) is 0. The summed E-state index contributed by atoms with van der Waals surface area (Å²) in [5.74, 6) is 1.99. The molecule has 0 bridgehead atoms. The van der Waals surface area contributed by atoms with Gasteiger partial charge in [-0.3, -0.25) is 0 Å². The molecule has 3 nitrogen and oxygen atoms in total. The minimum atomic E-state index is 0.660. The fraction of sp³-hybridized carbons (Fsp3) is 0.0339. The molecule has 12 rings (SSSR count). The predicted octanol–water partition coefficient (Wildman–Crippen LogP) is 15.4. The maximum Gasteiger partial charge on any atom is 0.164 e. The molecule has 0 fully saturated rings. The number of thiophene rings is 1. The smallest absolute Gasteiger partial charge is 0.164 e. The zero-order chi connectivity index (χ0) is 41.7. The van der Waals surface area contributed by atoms with Crippen molar-refractivity contribution in [2.75, 3.05) is 0 Å². The van der Waals surface area contributed by atoms with E-state index >= 15 is 0 Å². The zero-order valence-corrected chi connectivity index (χ0v) is 35.2. The Morgan fingerprint density at radius 2 is 0.730 bits per heavy atom. The first-order valence-corrected chi connectivity index (χ1v) is 22.3. The van der Waals surface area contributed by atoms with Gasteiger partial charge in [0.1, 0.15) is 0 Å². The molecule has 296 valence electrons. The molecule has 0 N–H and O–H groups in total. The van der Waals surface area contributed by atoms with Gasteiger partial charge in [-0.15, -0.1) is 11.3 Å². The first kappa shape index (κ1) is 37.0. The highest BCUT2D eigenvalue weighted by Crippen LogP contribution is 2.43. The third-order valence-corrected chi connectivity index (χ3v) is 13.6. The van der Waals surface area contributed by atoms with Crippen LogP contribution in [0.15, 0.2) is 212 Å². The Labute approximate surface area is 370 Å². The van der Waals surface area contributed by atoms with Gasteiger partial charge in [0, 0.05) is 36.9 Å². The fourth-order valence-electron chi connectivity index (χ4n) is 9.38. The SMILES string of the molecule is c1ccc(-c2nc(-c3ccccc3)nc(-c3cccc4sc5ccc(-c6ccc(-c7ccc8c(c7)Cc7ccccc7-c7ccccc7Cc7ccccc7-8)cc6)cc5c34)n2)cc1. The van der Waals surface area contributed by atoms with Crippen molar-refractivity contribution in [3.8, 4) is 78.7 Å². The fourth-order valence-corrected chi connectivity index (χ4v) is 10.5. The van der Waals surface area contributed by atoms with Crippen LogP contribution >= 0.6 is 11.3 Å². The Bertz CT molecular complexity index is 3440. The molecule has 2 aromatic heterocycles. The normalized spacial score (nSPS) is 12.0. The van der Waals surface area contributed by atoms with E-state index in [1.54, 1.807) is 0 Å². The lowest BCUT2D eigenvalue weighted by molar-refractivity contribution is 1.08. The molecule has 11 aromatic rings. The van der Waals surface area contributed by atoms with Gasteiger partial charge in [-0.2, -0.15) is 0 Å². The predicted molar refractivity (Wildman–Crippen MR) is 263 cm³/mol. The van der Waals surface area contributed by atoms with Crippen LogP contribution < -0.4 is 0 Å². The van der Waals surface area contributed by atoms with Gasteiger partial charge in [0.15, 0.2) is 17.5 Å². The van der Waals surface area contributed by atoms with Crippen LogP contribution in [0.2, 0.25) is 0 Å². The molecule has 0 atom stereocenters. The Hall–Kier alpha value is -7.79. The highest BCUT2D eigenvalue weighted by Gasteiger charge is 2.20. The second-order valence-electron chi connectivity index (χ2n) is 16.3. The number of rotatable bonds is 5. The monoisotopic (exact) mass is 821 g/mol. The Balaban J connectivity index is 0.927. The van der Waals surface area contributed by atoms with Crippen LogP contribution in [0.4, 0.5) is 0 Å². The zero-order valence-electron chi connectivity index (χ0n) is 34.4. The van der Waals surface area contributed by atoms with E-state index in [0.29, 0.717) is 17.5 Å². The quantitative estimate of drug-likeness (QED) is 0.174. The maximum absolute atomic E-state index is 5.11. The Morgan fingerprint density at radius 3 is 1.32 bits per heavy atom. The van der Waals surface area contributed by atoms with E-state index in [-0.39, 0.29) is 0 Å². The molecule has 0 unspecified atom stereocenters. The molecule has 0 aliphatic heterocycles. The van der Waals surface area contributed by atoms with Gasteiger partial charge in [0.25, 0.3) is 0 Å². The summed E-state index contributed by atoms with van der Waals surface area (Å²) in [5, 5.41) is 2.37. The van der Waals surface area contributed by atoms with E-state index < -0.39 is 0 Å². The number of hydrogen-bond acceptors (Lipinski definition) is 4. The number of fused-ring (bicyclic) bond motifs is 9. The van der Waals surface area contributed by atoms with Crippen molar-refractivity contribution in [1.82, 2.24) is 15.0 Å². The lowest BCUT2D eigenvalue weighted by Gasteiger charge is -2.21. The van der Waals surface area contributed by atoms with Gasteiger partial charge in [-0.25, -0.2) is 15.0 Å². The molecular formula is C59H39N3S. The first-order chi connectivity index (χ1) is 31.2. The minimum absolute atomic E-state index is 0.660. The molecule has 9 aromatic carbocycles. The van der Waals surface area contributed by atoms with Crippen molar-refractivity contribution >= 4 is 31.5 Å². The van der Waals surface area contributed by atoms with E-state index in [1.807, 2.05) is 47.7 Å². The van der Waals surface area contributed by atoms with Crippen LogP contribution in [0, 0.1) is 0 Å². The molecule has 0 saturated carbocycles. The minimum Gasteiger partial charge on any atom is -0.208 e. The third kappa shape index (κ3) is 6.82. The number of hydrogen-bond donors (Lipinski definition) is 0. The van der Waals surface area contributed by atoms with E-state index in [0.717, 1.165) is 29.5 Å². The van der Waals surface area contributed by atoms with Gasteiger partial charge in [0.05, 0.1) is 0 Å². The summed E-state index contributed by atoms with van der Waals surface area (Å²) in [7, 11) is 0. The molecule has 0 saturated heterocycles. The summed E-state index contributed by atoms with van der Waals surface area (Å²) < 4.78 is 2.44. The molecule has 4 heteroatoms. The Morgan fingerprint density at radius 1 is 0.286 bits per heavy atom. The van der Waals surface area contributed by atoms with Gasteiger partial charge in [-0.05, 0) is 97.8 Å². The van der Waals surface area contributed by atoms with Crippen LogP contribution in [0.3, 0.4) is 0 Å². The number of nitrogens with zero attached hydrogens (tertiary/aromatic N) is 3. The summed E-state index contributed by atoms with van der Waals surface area (Å²) in [6, 6.07) is 76.6. The molecule has 2 heterocycles. The second kappa shape index (κ2) is 15.6. The first-order valence-electron chi connectivity index (χ1n) is 21.5. The average molecular weight is 822 g/mol. The van der Waals surface area contributed by atoms with Crippen LogP contribution in [0.25, 0.3) is 98.8 Å². The molecule has 1 aliphatic rings. The van der Waals surface area contributed by atoms with Gasteiger partial charge in [-0.1, -0.05) is 194 Å². The van der Waals surface area contributed by atoms with Crippen molar-refractivity contribution in [3.05, 3.63) is 235 Å². The lowest BCUT2D eigenvalue weighted by atomic mass is 9.83. The molecule has 0 amide bonds. The molecule has 1 aliphatic carbocycles.